The molecule has 0 aliphatic rings. The van der Waals surface area contributed by atoms with Gasteiger partial charge in [-0.05, 0) is 63.6 Å². The van der Waals surface area contributed by atoms with E-state index in [0.29, 0.717) is 28.1 Å². The van der Waals surface area contributed by atoms with Crippen molar-refractivity contribution < 1.29 is 14.4 Å². The van der Waals surface area contributed by atoms with Crippen molar-refractivity contribution in [3.05, 3.63) is 66.1 Å². The first-order valence-corrected chi connectivity index (χ1v) is 12.8. The van der Waals surface area contributed by atoms with E-state index >= 15 is 0 Å². The van der Waals surface area contributed by atoms with E-state index in [0.717, 1.165) is 24.1 Å². The van der Waals surface area contributed by atoms with E-state index in [1.54, 1.807) is 35.1 Å². The molecule has 8 nitrogen and oxygen atoms in total. The number of aromatic nitrogens is 4. The summed E-state index contributed by atoms with van der Waals surface area (Å²) in [5.41, 5.74) is 3.42. The molecule has 0 amide bonds. The van der Waals surface area contributed by atoms with Crippen LogP contribution < -0.4 is 4.72 Å². The second-order valence-electron chi connectivity index (χ2n) is 9.42. The molecule has 0 bridgehead atoms. The predicted octanol–water partition coefficient (Wildman–Crippen LogP) is 4.57. The predicted molar refractivity (Wildman–Crippen MR) is 138 cm³/mol. The number of aromatic hydroxyl groups is 1. The molecule has 1 unspecified atom stereocenters. The Labute approximate surface area is 207 Å². The molecule has 0 aliphatic heterocycles. The number of benzene rings is 1. The van der Waals surface area contributed by atoms with Crippen LogP contribution in [-0.4, -0.2) is 38.9 Å². The monoisotopic (exact) mass is 493 g/mol. The van der Waals surface area contributed by atoms with Gasteiger partial charge in [0.05, 0.1) is 62.6 Å². The van der Waals surface area contributed by atoms with Crippen molar-refractivity contribution in [2.24, 2.45) is 0 Å². The summed E-state index contributed by atoms with van der Waals surface area (Å²) in [4.78, 5) is 9.31. The van der Waals surface area contributed by atoms with Crippen molar-refractivity contribution in [3.63, 3.8) is 0 Å². The van der Waals surface area contributed by atoms with Crippen LogP contribution in [0.5, 0.6) is 5.75 Å². The zero-order valence-electron chi connectivity index (χ0n) is 20.4. The summed E-state index contributed by atoms with van der Waals surface area (Å²) in [7, 11) is -1.23. The van der Waals surface area contributed by atoms with Crippen molar-refractivity contribution in [2.45, 2.75) is 57.9 Å². The van der Waals surface area contributed by atoms with Crippen LogP contribution >= 0.6 is 0 Å². The maximum Gasteiger partial charge on any atom is 0.154 e. The molecule has 0 aliphatic carbocycles. The van der Waals surface area contributed by atoms with Crippen LogP contribution in [0, 0.1) is 0 Å². The van der Waals surface area contributed by atoms with Gasteiger partial charge in [0, 0.05) is 5.56 Å². The van der Waals surface area contributed by atoms with Gasteiger partial charge in [0.1, 0.15) is 5.75 Å². The minimum atomic E-state index is -1.23. The number of phenolic OH excluding ortho intramolecular Hbond substituents is 1. The Balaban J connectivity index is 1.75. The third-order valence-corrected chi connectivity index (χ3v) is 7.26. The zero-order chi connectivity index (χ0) is 25.2. The maximum atomic E-state index is 12.8. The number of aliphatic hydroxyl groups excluding tert-OH is 1. The highest BCUT2D eigenvalue weighted by molar-refractivity contribution is 7.84. The number of hydrogen-bond donors (Lipinski definition) is 3. The average molecular weight is 494 g/mol. The fourth-order valence-corrected chi connectivity index (χ4v) is 4.63. The summed E-state index contributed by atoms with van der Waals surface area (Å²) < 4.78 is 17.3. The first-order valence-electron chi connectivity index (χ1n) is 11.6. The lowest BCUT2D eigenvalue weighted by molar-refractivity contribution is 0.276. The van der Waals surface area contributed by atoms with Crippen LogP contribution in [0.2, 0.25) is 0 Å². The van der Waals surface area contributed by atoms with Crippen LogP contribution in [0.4, 0.5) is 0 Å². The Morgan fingerprint density at radius 2 is 1.89 bits per heavy atom. The van der Waals surface area contributed by atoms with E-state index in [1.165, 1.54) is 0 Å². The summed E-state index contributed by atoms with van der Waals surface area (Å²) in [6.45, 7) is 7.73. The quantitative estimate of drug-likeness (QED) is 0.331. The molecule has 4 rings (SSSR count). The van der Waals surface area contributed by atoms with Gasteiger partial charge in [0.2, 0.25) is 0 Å². The van der Waals surface area contributed by atoms with Gasteiger partial charge in [-0.1, -0.05) is 25.5 Å². The lowest BCUT2D eigenvalue weighted by Gasteiger charge is -2.24. The number of rotatable bonds is 8. The fraction of sp³-hybridized carbons (Fsp3) is 0.346. The number of phenols is 1. The number of nitrogens with one attached hydrogen (secondary N) is 1. The third-order valence-electron chi connectivity index (χ3n) is 5.64. The minimum Gasteiger partial charge on any atom is -0.507 e. The normalized spacial score (nSPS) is 13.7. The molecule has 0 fully saturated rings. The SMILES string of the molecule is CCC[C@H](NS(=O)C(C)(C)C)c1cccc(-c2cc(O)c3cnn(-c4cccc(CO)n4)c3c2)n1. The lowest BCUT2D eigenvalue weighted by Crippen LogP contribution is -2.36. The largest absolute Gasteiger partial charge is 0.507 e. The summed E-state index contributed by atoms with van der Waals surface area (Å²) in [5, 5.41) is 25.2. The Morgan fingerprint density at radius 1 is 1.11 bits per heavy atom. The highest BCUT2D eigenvalue weighted by Gasteiger charge is 2.24. The van der Waals surface area contributed by atoms with Gasteiger partial charge in [-0.25, -0.2) is 18.6 Å². The topological polar surface area (TPSA) is 113 Å². The fourth-order valence-electron chi connectivity index (χ4n) is 3.78. The Hall–Kier alpha value is -3.14. The lowest BCUT2D eigenvalue weighted by atomic mass is 10.1. The van der Waals surface area contributed by atoms with Gasteiger partial charge in [0.25, 0.3) is 0 Å². The summed E-state index contributed by atoms with van der Waals surface area (Å²) in [6, 6.07) is 14.5. The summed E-state index contributed by atoms with van der Waals surface area (Å²) in [5.74, 6) is 0.632. The van der Waals surface area contributed by atoms with E-state index in [1.807, 2.05) is 45.0 Å². The number of hydrogen-bond acceptors (Lipinski definition) is 6. The minimum absolute atomic E-state index is 0.0892. The molecular formula is C26H31N5O3S. The first kappa shape index (κ1) is 25.0. The highest BCUT2D eigenvalue weighted by Crippen LogP contribution is 2.33. The molecule has 3 heterocycles. The number of aliphatic hydroxyl groups is 1. The van der Waals surface area contributed by atoms with Crippen LogP contribution in [-0.2, 0) is 17.6 Å². The molecule has 4 aromatic rings. The van der Waals surface area contributed by atoms with Crippen molar-refractivity contribution in [3.8, 4) is 22.8 Å². The van der Waals surface area contributed by atoms with Gasteiger partial charge < -0.3 is 10.2 Å². The van der Waals surface area contributed by atoms with Crippen LogP contribution in [0.1, 0.15) is 58.0 Å². The van der Waals surface area contributed by atoms with E-state index in [4.69, 9.17) is 4.98 Å². The molecule has 0 saturated heterocycles. The van der Waals surface area contributed by atoms with Gasteiger partial charge in [-0.15, -0.1) is 0 Å². The Kier molecular flexibility index (Phi) is 7.30. The molecule has 2 atom stereocenters. The van der Waals surface area contributed by atoms with Gasteiger partial charge in [-0.3, -0.25) is 4.98 Å². The summed E-state index contributed by atoms with van der Waals surface area (Å²) >= 11 is 0. The summed E-state index contributed by atoms with van der Waals surface area (Å²) in [6.07, 6.45) is 3.30. The number of nitrogens with zero attached hydrogens (tertiary/aromatic N) is 4. The van der Waals surface area contributed by atoms with Gasteiger partial charge >= 0.3 is 0 Å². The van der Waals surface area contributed by atoms with E-state index in [2.05, 4.69) is 21.7 Å². The van der Waals surface area contributed by atoms with Gasteiger partial charge in [0.15, 0.2) is 5.82 Å². The molecule has 0 spiro atoms. The molecule has 3 aromatic heterocycles. The number of fused-ring (bicyclic) bond motifs is 1. The van der Waals surface area contributed by atoms with Crippen LogP contribution in [0.3, 0.4) is 0 Å². The molecule has 35 heavy (non-hydrogen) atoms. The standard InChI is InChI=1S/C26H31N5O3S/c1-5-8-22(30-35(34)26(2,3)4)21-11-7-10-20(29-21)17-13-23-19(24(33)14-17)15-27-31(23)25-12-6-9-18(16-32)28-25/h6-7,9-15,22,30,32-33H,5,8,16H2,1-4H3/t22-,35?/m0/s1. The van der Waals surface area contributed by atoms with Crippen molar-refractivity contribution in [2.75, 3.05) is 0 Å². The van der Waals surface area contributed by atoms with Crippen LogP contribution in [0.25, 0.3) is 28.0 Å². The van der Waals surface area contributed by atoms with Crippen LogP contribution in [0.15, 0.2) is 54.7 Å². The van der Waals surface area contributed by atoms with Crippen molar-refractivity contribution >= 4 is 21.9 Å². The first-order chi connectivity index (χ1) is 16.7. The van der Waals surface area contributed by atoms with Crippen molar-refractivity contribution in [1.29, 1.82) is 0 Å². The molecule has 3 N–H and O–H groups in total. The molecule has 1 aromatic carbocycles. The zero-order valence-corrected chi connectivity index (χ0v) is 21.2. The highest BCUT2D eigenvalue weighted by atomic mass is 32.2. The van der Waals surface area contributed by atoms with Crippen molar-refractivity contribution in [1.82, 2.24) is 24.5 Å². The maximum absolute atomic E-state index is 12.8. The molecule has 0 saturated carbocycles. The second-order valence-corrected chi connectivity index (χ2v) is 11.4. The van der Waals surface area contributed by atoms with E-state index < -0.39 is 11.0 Å². The van der Waals surface area contributed by atoms with E-state index in [-0.39, 0.29) is 23.1 Å². The molecule has 184 valence electrons. The average Bonchev–Trinajstić information content (AvgIpc) is 3.28. The number of pyridine rings is 2. The Morgan fingerprint density at radius 3 is 2.60 bits per heavy atom. The van der Waals surface area contributed by atoms with Gasteiger partial charge in [-0.2, -0.15) is 5.10 Å². The second kappa shape index (κ2) is 10.2. The third kappa shape index (κ3) is 5.42. The smallest absolute Gasteiger partial charge is 0.154 e. The Bertz CT molecular complexity index is 1360. The van der Waals surface area contributed by atoms with E-state index in [9.17, 15) is 14.4 Å². The molecule has 0 radical (unpaired) electrons. The molecule has 9 heteroatoms. The molecular weight excluding hydrogens is 462 g/mol.